The van der Waals surface area contributed by atoms with Gasteiger partial charge in [-0.1, -0.05) is 6.92 Å². The number of carbonyl (C=O) groups excluding carboxylic acids is 1. The molecule has 2 rings (SSSR count). The van der Waals surface area contributed by atoms with Gasteiger partial charge in [0.1, 0.15) is 6.04 Å². The molecule has 114 valence electrons. The number of carboxylic acids is 1. The lowest BCUT2D eigenvalue weighted by atomic mass is 9.92. The van der Waals surface area contributed by atoms with Gasteiger partial charge in [-0.3, -0.25) is 0 Å². The van der Waals surface area contributed by atoms with Crippen molar-refractivity contribution in [2.45, 2.75) is 31.8 Å². The van der Waals surface area contributed by atoms with E-state index in [4.69, 9.17) is 4.74 Å². The van der Waals surface area contributed by atoms with Crippen LogP contribution >= 0.6 is 0 Å². The molecule has 0 bridgehead atoms. The number of aliphatic hydroxyl groups excluding tert-OH is 1. The Morgan fingerprint density at radius 1 is 1.30 bits per heavy atom. The lowest BCUT2D eigenvalue weighted by Crippen LogP contribution is -2.59. The maximum absolute atomic E-state index is 12.6. The van der Waals surface area contributed by atoms with Gasteiger partial charge in [0.05, 0.1) is 25.9 Å². The van der Waals surface area contributed by atoms with Crippen LogP contribution < -0.4 is 0 Å². The molecular formula is C13H22N2O5. The quantitative estimate of drug-likeness (QED) is 0.745. The number of rotatable bonds is 2. The normalized spacial score (nSPS) is 31.2. The van der Waals surface area contributed by atoms with Gasteiger partial charge in [-0.05, 0) is 18.8 Å². The first kappa shape index (κ1) is 15.1. The van der Waals surface area contributed by atoms with Crippen molar-refractivity contribution in [3.63, 3.8) is 0 Å². The minimum atomic E-state index is -0.960. The largest absolute Gasteiger partial charge is 0.480 e. The molecule has 0 saturated carbocycles. The lowest BCUT2D eigenvalue weighted by Gasteiger charge is -2.42. The van der Waals surface area contributed by atoms with Crippen LogP contribution in [0.5, 0.6) is 0 Å². The molecule has 2 N–H and O–H groups in total. The van der Waals surface area contributed by atoms with E-state index in [0.717, 1.165) is 6.42 Å². The summed E-state index contributed by atoms with van der Waals surface area (Å²) in [5.74, 6) is -0.655. The molecular weight excluding hydrogens is 264 g/mol. The number of aliphatic carboxylic acids is 1. The monoisotopic (exact) mass is 286 g/mol. The Morgan fingerprint density at radius 3 is 2.70 bits per heavy atom. The molecule has 0 aromatic heterocycles. The molecule has 7 nitrogen and oxygen atoms in total. The van der Waals surface area contributed by atoms with Crippen molar-refractivity contribution >= 4 is 12.0 Å². The number of amides is 2. The lowest BCUT2D eigenvalue weighted by molar-refractivity contribution is -0.144. The first-order chi connectivity index (χ1) is 9.54. The highest BCUT2D eigenvalue weighted by atomic mass is 16.5. The Kier molecular flexibility index (Phi) is 4.82. The molecule has 0 spiro atoms. The van der Waals surface area contributed by atoms with Crippen LogP contribution in [0.2, 0.25) is 0 Å². The van der Waals surface area contributed by atoms with E-state index in [1.165, 1.54) is 9.80 Å². The molecule has 2 aliphatic heterocycles. The minimum Gasteiger partial charge on any atom is -0.480 e. The highest BCUT2D eigenvalue weighted by molar-refractivity contribution is 5.83. The molecule has 0 aromatic carbocycles. The molecule has 2 fully saturated rings. The fourth-order valence-electron chi connectivity index (χ4n) is 2.83. The number of urea groups is 1. The molecule has 3 atom stereocenters. The summed E-state index contributed by atoms with van der Waals surface area (Å²) < 4.78 is 5.24. The summed E-state index contributed by atoms with van der Waals surface area (Å²) >= 11 is 0. The molecule has 0 aliphatic carbocycles. The predicted octanol–water partition coefficient (Wildman–Crippen LogP) is -0.0154. The van der Waals surface area contributed by atoms with E-state index in [9.17, 15) is 19.8 Å². The molecule has 3 unspecified atom stereocenters. The SMILES string of the molecule is CC1CCN(C(=O)N2CCOCC2CO)C(C(=O)O)C1. The van der Waals surface area contributed by atoms with E-state index >= 15 is 0 Å². The second kappa shape index (κ2) is 6.41. The summed E-state index contributed by atoms with van der Waals surface area (Å²) in [6.07, 6.45) is 1.29. The van der Waals surface area contributed by atoms with Gasteiger partial charge < -0.3 is 24.7 Å². The Balaban J connectivity index is 2.11. The van der Waals surface area contributed by atoms with E-state index in [1.54, 1.807) is 0 Å². The first-order valence-corrected chi connectivity index (χ1v) is 7.03. The average molecular weight is 286 g/mol. The molecule has 20 heavy (non-hydrogen) atoms. The summed E-state index contributed by atoms with van der Waals surface area (Å²) in [5.41, 5.74) is 0. The van der Waals surface area contributed by atoms with Gasteiger partial charge >= 0.3 is 12.0 Å². The fraction of sp³-hybridized carbons (Fsp3) is 0.846. The first-order valence-electron chi connectivity index (χ1n) is 7.03. The molecule has 0 radical (unpaired) electrons. The number of ether oxygens (including phenoxy) is 1. The van der Waals surface area contributed by atoms with E-state index in [0.29, 0.717) is 38.6 Å². The Labute approximate surface area is 118 Å². The van der Waals surface area contributed by atoms with Crippen LogP contribution in [-0.2, 0) is 9.53 Å². The van der Waals surface area contributed by atoms with Crippen molar-refractivity contribution in [2.75, 3.05) is 32.9 Å². The standard InChI is InChI=1S/C13H22N2O5/c1-9-2-3-15(11(6-9)12(17)18)13(19)14-4-5-20-8-10(14)7-16/h9-11,16H,2-8H2,1H3,(H,17,18). The van der Waals surface area contributed by atoms with E-state index in [1.807, 2.05) is 6.92 Å². The zero-order valence-corrected chi connectivity index (χ0v) is 11.7. The zero-order chi connectivity index (χ0) is 14.7. The van der Waals surface area contributed by atoms with Crippen molar-refractivity contribution in [2.24, 2.45) is 5.92 Å². The number of nitrogens with zero attached hydrogens (tertiary/aromatic N) is 2. The number of likely N-dealkylation sites (tertiary alicyclic amines) is 1. The summed E-state index contributed by atoms with van der Waals surface area (Å²) in [6.45, 7) is 3.39. The Hall–Kier alpha value is -1.34. The summed E-state index contributed by atoms with van der Waals surface area (Å²) in [5, 5.41) is 18.6. The van der Waals surface area contributed by atoms with Crippen molar-refractivity contribution in [1.82, 2.24) is 9.80 Å². The van der Waals surface area contributed by atoms with Crippen molar-refractivity contribution in [3.05, 3.63) is 0 Å². The summed E-state index contributed by atoms with van der Waals surface area (Å²) in [6, 6.07) is -1.45. The maximum atomic E-state index is 12.6. The number of aliphatic hydroxyl groups is 1. The number of hydrogen-bond donors (Lipinski definition) is 2. The second-order valence-corrected chi connectivity index (χ2v) is 5.56. The highest BCUT2D eigenvalue weighted by Gasteiger charge is 2.39. The van der Waals surface area contributed by atoms with Crippen LogP contribution in [-0.4, -0.2) is 77.0 Å². The second-order valence-electron chi connectivity index (χ2n) is 5.56. The smallest absolute Gasteiger partial charge is 0.326 e. The third-order valence-corrected chi connectivity index (χ3v) is 4.08. The van der Waals surface area contributed by atoms with Crippen LogP contribution in [0.3, 0.4) is 0 Å². The number of piperidine rings is 1. The molecule has 0 aromatic rings. The highest BCUT2D eigenvalue weighted by Crippen LogP contribution is 2.24. The topological polar surface area (TPSA) is 90.3 Å². The van der Waals surface area contributed by atoms with Gasteiger partial charge in [-0.25, -0.2) is 9.59 Å². The average Bonchev–Trinajstić information content (AvgIpc) is 2.46. The van der Waals surface area contributed by atoms with Gasteiger partial charge in [0.2, 0.25) is 0 Å². The Bertz CT molecular complexity index is 376. The molecule has 7 heteroatoms. The van der Waals surface area contributed by atoms with Crippen LogP contribution in [0.25, 0.3) is 0 Å². The zero-order valence-electron chi connectivity index (χ0n) is 11.7. The molecule has 2 heterocycles. The van der Waals surface area contributed by atoms with E-state index in [2.05, 4.69) is 0 Å². The molecule has 2 amide bonds. The number of morpholine rings is 1. The molecule has 2 aliphatic rings. The maximum Gasteiger partial charge on any atom is 0.326 e. The molecule has 2 saturated heterocycles. The van der Waals surface area contributed by atoms with Crippen LogP contribution in [0, 0.1) is 5.92 Å². The fourth-order valence-corrected chi connectivity index (χ4v) is 2.83. The minimum absolute atomic E-state index is 0.173. The summed E-state index contributed by atoms with van der Waals surface area (Å²) in [4.78, 5) is 26.9. The van der Waals surface area contributed by atoms with E-state index in [-0.39, 0.29) is 18.7 Å². The number of hydrogen-bond acceptors (Lipinski definition) is 4. The van der Waals surface area contributed by atoms with Crippen LogP contribution in [0.4, 0.5) is 4.79 Å². The third kappa shape index (κ3) is 3.04. The summed E-state index contributed by atoms with van der Waals surface area (Å²) in [7, 11) is 0. The van der Waals surface area contributed by atoms with Gasteiger partial charge in [-0.15, -0.1) is 0 Å². The van der Waals surface area contributed by atoms with Gasteiger partial charge in [-0.2, -0.15) is 0 Å². The third-order valence-electron chi connectivity index (χ3n) is 4.08. The van der Waals surface area contributed by atoms with Crippen LogP contribution in [0.1, 0.15) is 19.8 Å². The van der Waals surface area contributed by atoms with Gasteiger partial charge in [0.15, 0.2) is 0 Å². The predicted molar refractivity (Wildman–Crippen MR) is 70.3 cm³/mol. The van der Waals surface area contributed by atoms with Crippen molar-refractivity contribution in [1.29, 1.82) is 0 Å². The van der Waals surface area contributed by atoms with Crippen molar-refractivity contribution < 1.29 is 24.5 Å². The Morgan fingerprint density at radius 2 is 2.05 bits per heavy atom. The van der Waals surface area contributed by atoms with Crippen LogP contribution in [0.15, 0.2) is 0 Å². The van der Waals surface area contributed by atoms with Crippen molar-refractivity contribution in [3.8, 4) is 0 Å². The van der Waals surface area contributed by atoms with Gasteiger partial charge in [0.25, 0.3) is 0 Å². The van der Waals surface area contributed by atoms with E-state index < -0.39 is 12.0 Å². The number of carbonyl (C=O) groups is 2. The van der Waals surface area contributed by atoms with Gasteiger partial charge in [0, 0.05) is 13.1 Å². The number of carboxylic acid groups (broad SMARTS) is 1.